The number of aromatic amines is 1. The minimum Gasteiger partial charge on any atom is -0.497 e. The molecule has 5 heteroatoms. The monoisotopic (exact) mass is 346 g/mol. The molecule has 130 valence electrons. The number of esters is 1. The second-order valence-electron chi connectivity index (χ2n) is 6.07. The number of hydrogen-bond donors (Lipinski definition) is 1. The van der Waals surface area contributed by atoms with Gasteiger partial charge in [0, 0.05) is 29.5 Å². The summed E-state index contributed by atoms with van der Waals surface area (Å²) in [7, 11) is 3.03. The van der Waals surface area contributed by atoms with Gasteiger partial charge >= 0.3 is 5.97 Å². The molecule has 0 bridgehead atoms. The van der Waals surface area contributed by atoms with E-state index in [4.69, 9.17) is 14.5 Å². The molecule has 1 N–H and O–H groups in total. The molecule has 5 nitrogen and oxygen atoms in total. The van der Waals surface area contributed by atoms with Crippen LogP contribution in [0, 0.1) is 0 Å². The zero-order valence-corrected chi connectivity index (χ0v) is 14.6. The first-order valence-corrected chi connectivity index (χ1v) is 8.30. The Morgan fingerprint density at radius 3 is 2.58 bits per heavy atom. The number of carbonyl (C=O) groups is 1. The van der Waals surface area contributed by atoms with Crippen LogP contribution in [-0.2, 0) is 11.2 Å². The highest BCUT2D eigenvalue weighted by Gasteiger charge is 2.12. The Hall–Kier alpha value is -3.34. The molecule has 4 rings (SSSR count). The number of nitrogens with zero attached hydrogens (tertiary/aromatic N) is 1. The van der Waals surface area contributed by atoms with Crippen LogP contribution in [0.2, 0.25) is 0 Å². The number of nitrogens with one attached hydrogen (secondary N) is 1. The number of aromatic nitrogens is 2. The molecule has 0 unspecified atom stereocenters. The number of ether oxygens (including phenoxy) is 2. The van der Waals surface area contributed by atoms with Gasteiger partial charge in [0.05, 0.1) is 36.5 Å². The van der Waals surface area contributed by atoms with E-state index in [1.165, 1.54) is 7.11 Å². The van der Waals surface area contributed by atoms with Gasteiger partial charge in [-0.15, -0.1) is 0 Å². The van der Waals surface area contributed by atoms with Gasteiger partial charge in [0.1, 0.15) is 5.75 Å². The van der Waals surface area contributed by atoms with Gasteiger partial charge in [0.15, 0.2) is 0 Å². The van der Waals surface area contributed by atoms with Crippen molar-refractivity contribution in [1.29, 1.82) is 0 Å². The molecule has 0 saturated carbocycles. The second-order valence-corrected chi connectivity index (χ2v) is 6.07. The molecular formula is C21H18N2O3. The molecule has 0 amide bonds. The van der Waals surface area contributed by atoms with Crippen LogP contribution in [0.1, 0.15) is 21.6 Å². The Kier molecular flexibility index (Phi) is 4.05. The maximum absolute atomic E-state index is 11.6. The molecular weight excluding hydrogens is 328 g/mol. The van der Waals surface area contributed by atoms with Crippen LogP contribution in [0.15, 0.2) is 54.7 Å². The van der Waals surface area contributed by atoms with E-state index in [9.17, 15) is 4.79 Å². The van der Waals surface area contributed by atoms with Gasteiger partial charge in [-0.1, -0.05) is 12.1 Å². The average Bonchev–Trinajstić information content (AvgIpc) is 3.18. The van der Waals surface area contributed by atoms with Crippen molar-refractivity contribution in [2.45, 2.75) is 6.42 Å². The molecule has 2 aromatic carbocycles. The average molecular weight is 346 g/mol. The topological polar surface area (TPSA) is 64.2 Å². The van der Waals surface area contributed by atoms with Gasteiger partial charge in [-0.2, -0.15) is 0 Å². The summed E-state index contributed by atoms with van der Waals surface area (Å²) in [5.74, 6) is 0.451. The van der Waals surface area contributed by atoms with Crippen molar-refractivity contribution in [2.75, 3.05) is 14.2 Å². The van der Waals surface area contributed by atoms with Crippen molar-refractivity contribution in [3.05, 3.63) is 71.5 Å². The smallest absolute Gasteiger partial charge is 0.337 e. The zero-order valence-electron chi connectivity index (χ0n) is 14.6. The first kappa shape index (κ1) is 16.1. The zero-order chi connectivity index (χ0) is 18.1. The lowest BCUT2D eigenvalue weighted by Gasteiger charge is -2.09. The van der Waals surface area contributed by atoms with Crippen LogP contribution >= 0.6 is 0 Å². The highest BCUT2D eigenvalue weighted by Crippen LogP contribution is 2.29. The number of benzene rings is 2. The molecule has 2 aromatic heterocycles. The lowest BCUT2D eigenvalue weighted by molar-refractivity contribution is 0.0600. The Morgan fingerprint density at radius 1 is 1.04 bits per heavy atom. The van der Waals surface area contributed by atoms with Crippen molar-refractivity contribution in [3.63, 3.8) is 0 Å². The fraction of sp³-hybridized carbons (Fsp3) is 0.143. The minimum absolute atomic E-state index is 0.334. The number of rotatable bonds is 4. The maximum atomic E-state index is 11.6. The van der Waals surface area contributed by atoms with E-state index >= 15 is 0 Å². The number of fused-ring (bicyclic) bond motifs is 3. The summed E-state index contributed by atoms with van der Waals surface area (Å²) in [6, 6.07) is 15.4. The third-order valence-corrected chi connectivity index (χ3v) is 4.53. The number of carbonyl (C=O) groups excluding carboxylic acids is 1. The van der Waals surface area contributed by atoms with E-state index in [1.54, 1.807) is 19.2 Å². The first-order valence-electron chi connectivity index (χ1n) is 8.30. The molecule has 2 heterocycles. The molecule has 0 aliphatic carbocycles. The van der Waals surface area contributed by atoms with E-state index in [-0.39, 0.29) is 5.97 Å². The molecule has 0 fully saturated rings. The quantitative estimate of drug-likeness (QED) is 0.565. The molecule has 4 aromatic rings. The summed E-state index contributed by atoms with van der Waals surface area (Å²) < 4.78 is 10.1. The number of methoxy groups -OCH3 is 2. The van der Waals surface area contributed by atoms with Crippen LogP contribution in [-0.4, -0.2) is 30.2 Å². The summed E-state index contributed by atoms with van der Waals surface area (Å²) in [5.41, 5.74) is 4.50. The van der Waals surface area contributed by atoms with Crippen LogP contribution in [0.25, 0.3) is 21.8 Å². The Bertz CT molecular complexity index is 1100. The summed E-state index contributed by atoms with van der Waals surface area (Å²) in [6.07, 6.45) is 2.59. The van der Waals surface area contributed by atoms with Crippen molar-refractivity contribution in [1.82, 2.24) is 9.97 Å². The largest absolute Gasteiger partial charge is 0.497 e. The number of hydrogen-bond acceptors (Lipinski definition) is 4. The van der Waals surface area contributed by atoms with Gasteiger partial charge in [-0.25, -0.2) is 4.79 Å². The van der Waals surface area contributed by atoms with Crippen LogP contribution in [0.3, 0.4) is 0 Å². The molecule has 26 heavy (non-hydrogen) atoms. The number of H-pyrrole nitrogens is 1. The Balaban J connectivity index is 1.77. The van der Waals surface area contributed by atoms with E-state index in [0.29, 0.717) is 12.0 Å². The predicted octanol–water partition coefficient (Wildman–Crippen LogP) is 4.10. The van der Waals surface area contributed by atoms with Gasteiger partial charge < -0.3 is 14.5 Å². The highest BCUT2D eigenvalue weighted by atomic mass is 16.5. The van der Waals surface area contributed by atoms with Crippen molar-refractivity contribution < 1.29 is 14.3 Å². The van der Waals surface area contributed by atoms with E-state index in [0.717, 1.165) is 38.8 Å². The first-order chi connectivity index (χ1) is 12.7. The van der Waals surface area contributed by atoms with Crippen LogP contribution in [0.5, 0.6) is 5.75 Å². The van der Waals surface area contributed by atoms with E-state index in [1.807, 2.05) is 36.5 Å². The Morgan fingerprint density at radius 2 is 1.85 bits per heavy atom. The van der Waals surface area contributed by atoms with Crippen molar-refractivity contribution >= 4 is 27.8 Å². The third-order valence-electron chi connectivity index (χ3n) is 4.53. The number of pyridine rings is 1. The summed E-state index contributed by atoms with van der Waals surface area (Å²) in [6.45, 7) is 0. The molecule has 0 spiro atoms. The highest BCUT2D eigenvalue weighted by molar-refractivity contribution is 6.05. The molecule has 0 aliphatic rings. The van der Waals surface area contributed by atoms with Crippen LogP contribution in [0.4, 0.5) is 0 Å². The maximum Gasteiger partial charge on any atom is 0.337 e. The molecule has 0 atom stereocenters. The summed E-state index contributed by atoms with van der Waals surface area (Å²) >= 11 is 0. The second kappa shape index (κ2) is 6.52. The standard InChI is InChI=1S/C21H18N2O3/c1-25-15-7-8-16-17-9-10-22-20(17)19(23-18(16)12-15)11-13-3-5-14(6-4-13)21(24)26-2/h3-10,12,22H,11H2,1-2H3. The summed E-state index contributed by atoms with van der Waals surface area (Å²) in [5, 5.41) is 2.23. The predicted molar refractivity (Wildman–Crippen MR) is 101 cm³/mol. The van der Waals surface area contributed by atoms with Gasteiger partial charge in [0.2, 0.25) is 0 Å². The third kappa shape index (κ3) is 2.77. The Labute approximate surface area is 150 Å². The minimum atomic E-state index is -0.334. The van der Waals surface area contributed by atoms with E-state index < -0.39 is 0 Å². The SMILES string of the molecule is COC(=O)c1ccc(Cc2nc3cc(OC)ccc3c3cc[nH]c23)cc1. The normalized spacial score (nSPS) is 11.0. The fourth-order valence-electron chi connectivity index (χ4n) is 3.19. The fourth-order valence-corrected chi connectivity index (χ4v) is 3.19. The van der Waals surface area contributed by atoms with Gasteiger partial charge in [-0.05, 0) is 35.9 Å². The lowest BCUT2D eigenvalue weighted by atomic mass is 10.0. The summed E-state index contributed by atoms with van der Waals surface area (Å²) in [4.78, 5) is 19.7. The van der Waals surface area contributed by atoms with Gasteiger partial charge in [0.25, 0.3) is 0 Å². The van der Waals surface area contributed by atoms with Crippen LogP contribution < -0.4 is 4.74 Å². The van der Waals surface area contributed by atoms with E-state index in [2.05, 4.69) is 11.1 Å². The van der Waals surface area contributed by atoms with Crippen molar-refractivity contribution in [3.8, 4) is 5.75 Å². The molecule has 0 radical (unpaired) electrons. The molecule has 0 saturated heterocycles. The lowest BCUT2D eigenvalue weighted by Crippen LogP contribution is -2.01. The molecule has 0 aliphatic heterocycles. The van der Waals surface area contributed by atoms with Crippen molar-refractivity contribution in [2.24, 2.45) is 0 Å². The van der Waals surface area contributed by atoms with Gasteiger partial charge in [-0.3, -0.25) is 4.98 Å².